The molecule has 0 aliphatic heterocycles. The maximum absolute atomic E-state index is 10.5. The van der Waals surface area contributed by atoms with Gasteiger partial charge in [-0.3, -0.25) is 4.98 Å². The van der Waals surface area contributed by atoms with E-state index < -0.39 is 5.97 Å². The lowest BCUT2D eigenvalue weighted by Crippen LogP contribution is -2.00. The van der Waals surface area contributed by atoms with Crippen LogP contribution in [0.25, 0.3) is 6.08 Å². The van der Waals surface area contributed by atoms with Crippen molar-refractivity contribution in [2.75, 3.05) is 0 Å². The molecule has 102 valence electrons. The maximum Gasteiger partial charge on any atom is 0.328 e. The lowest BCUT2D eigenvalue weighted by molar-refractivity contribution is -0.131. The van der Waals surface area contributed by atoms with E-state index in [0.29, 0.717) is 12.4 Å². The van der Waals surface area contributed by atoms with Gasteiger partial charge in [-0.05, 0) is 42.3 Å². The summed E-state index contributed by atoms with van der Waals surface area (Å²) in [5.41, 5.74) is 2.75. The fraction of sp³-hybridized carbons (Fsp3) is 0.125. The van der Waals surface area contributed by atoms with E-state index in [0.717, 1.165) is 22.9 Å². The van der Waals surface area contributed by atoms with Crippen LogP contribution in [-0.2, 0) is 11.4 Å². The first kappa shape index (κ1) is 13.8. The fourth-order valence-electron chi connectivity index (χ4n) is 1.70. The first-order chi connectivity index (χ1) is 9.65. The van der Waals surface area contributed by atoms with Gasteiger partial charge in [0.1, 0.15) is 12.4 Å². The summed E-state index contributed by atoms with van der Waals surface area (Å²) in [7, 11) is 0. The first-order valence-corrected chi connectivity index (χ1v) is 6.19. The standard InChI is InChI=1S/C16H15NO3/c1-12-4-3-9-17-15(12)11-20-14-6-2-5-13(10-14)7-8-16(18)19/h2-10H,11H2,1H3,(H,18,19)/b8-7+. The number of hydrogen-bond donors (Lipinski definition) is 1. The van der Waals surface area contributed by atoms with Crippen molar-refractivity contribution < 1.29 is 14.6 Å². The molecule has 1 heterocycles. The quantitative estimate of drug-likeness (QED) is 0.847. The van der Waals surface area contributed by atoms with Crippen LogP contribution in [0.15, 0.2) is 48.7 Å². The van der Waals surface area contributed by atoms with Crippen molar-refractivity contribution in [3.63, 3.8) is 0 Å². The summed E-state index contributed by atoms with van der Waals surface area (Å²) in [5, 5.41) is 8.60. The van der Waals surface area contributed by atoms with Gasteiger partial charge in [-0.25, -0.2) is 4.79 Å². The zero-order valence-electron chi connectivity index (χ0n) is 11.1. The molecule has 1 aromatic heterocycles. The molecule has 2 rings (SSSR count). The van der Waals surface area contributed by atoms with E-state index in [9.17, 15) is 4.79 Å². The molecule has 0 saturated carbocycles. The smallest absolute Gasteiger partial charge is 0.328 e. The topological polar surface area (TPSA) is 59.4 Å². The van der Waals surface area contributed by atoms with Crippen LogP contribution < -0.4 is 4.74 Å². The minimum atomic E-state index is -0.972. The number of carbonyl (C=O) groups is 1. The van der Waals surface area contributed by atoms with Gasteiger partial charge >= 0.3 is 5.97 Å². The molecular weight excluding hydrogens is 254 g/mol. The van der Waals surface area contributed by atoms with Crippen LogP contribution in [0.3, 0.4) is 0 Å². The normalized spacial score (nSPS) is 10.7. The minimum Gasteiger partial charge on any atom is -0.487 e. The molecule has 0 radical (unpaired) electrons. The van der Waals surface area contributed by atoms with Crippen LogP contribution in [0.1, 0.15) is 16.8 Å². The van der Waals surface area contributed by atoms with E-state index in [-0.39, 0.29) is 0 Å². The van der Waals surface area contributed by atoms with Crippen LogP contribution in [0.2, 0.25) is 0 Å². The van der Waals surface area contributed by atoms with E-state index >= 15 is 0 Å². The Hall–Kier alpha value is -2.62. The highest BCUT2D eigenvalue weighted by Gasteiger charge is 2.01. The van der Waals surface area contributed by atoms with Gasteiger partial charge in [0, 0.05) is 12.3 Å². The molecule has 0 spiro atoms. The van der Waals surface area contributed by atoms with Gasteiger partial charge in [-0.2, -0.15) is 0 Å². The van der Waals surface area contributed by atoms with Crippen molar-refractivity contribution in [1.82, 2.24) is 4.98 Å². The molecule has 4 nitrogen and oxygen atoms in total. The summed E-state index contributed by atoms with van der Waals surface area (Å²) in [6.45, 7) is 2.37. The fourth-order valence-corrected chi connectivity index (χ4v) is 1.70. The second kappa shape index (κ2) is 6.52. The summed E-state index contributed by atoms with van der Waals surface area (Å²) in [6, 6.07) is 11.1. The number of aryl methyl sites for hydroxylation is 1. The van der Waals surface area contributed by atoms with Crippen LogP contribution in [0, 0.1) is 6.92 Å². The molecule has 4 heteroatoms. The number of benzene rings is 1. The van der Waals surface area contributed by atoms with Crippen LogP contribution in [0.5, 0.6) is 5.75 Å². The molecule has 0 atom stereocenters. The Morgan fingerprint density at radius 1 is 1.35 bits per heavy atom. The molecule has 0 fully saturated rings. The Bertz CT molecular complexity index is 635. The number of aromatic nitrogens is 1. The highest BCUT2D eigenvalue weighted by Crippen LogP contribution is 2.16. The predicted octanol–water partition coefficient (Wildman–Crippen LogP) is 3.07. The zero-order chi connectivity index (χ0) is 14.4. The number of pyridine rings is 1. The van der Waals surface area contributed by atoms with Crippen molar-refractivity contribution in [3.05, 3.63) is 65.5 Å². The predicted molar refractivity (Wildman–Crippen MR) is 76.4 cm³/mol. The summed E-state index contributed by atoms with van der Waals surface area (Å²) in [6.07, 6.45) is 4.36. The average molecular weight is 269 g/mol. The van der Waals surface area contributed by atoms with E-state index in [1.165, 1.54) is 6.08 Å². The molecule has 20 heavy (non-hydrogen) atoms. The molecule has 0 saturated heterocycles. The van der Waals surface area contributed by atoms with Gasteiger partial charge < -0.3 is 9.84 Å². The van der Waals surface area contributed by atoms with Gasteiger partial charge in [0.25, 0.3) is 0 Å². The molecule has 1 aromatic carbocycles. The molecule has 0 bridgehead atoms. The third kappa shape index (κ3) is 3.95. The summed E-state index contributed by atoms with van der Waals surface area (Å²) >= 11 is 0. The second-order valence-corrected chi connectivity index (χ2v) is 4.30. The summed E-state index contributed by atoms with van der Waals surface area (Å²) in [4.78, 5) is 14.7. The van der Waals surface area contributed by atoms with E-state index in [1.807, 2.05) is 37.3 Å². The largest absolute Gasteiger partial charge is 0.487 e. The Labute approximate surface area is 117 Å². The number of hydrogen-bond acceptors (Lipinski definition) is 3. The van der Waals surface area contributed by atoms with Crippen molar-refractivity contribution in [2.24, 2.45) is 0 Å². The zero-order valence-corrected chi connectivity index (χ0v) is 11.1. The van der Waals surface area contributed by atoms with Crippen molar-refractivity contribution in [1.29, 1.82) is 0 Å². The van der Waals surface area contributed by atoms with Gasteiger partial charge in [0.2, 0.25) is 0 Å². The first-order valence-electron chi connectivity index (χ1n) is 6.19. The number of aliphatic carboxylic acids is 1. The Morgan fingerprint density at radius 3 is 2.95 bits per heavy atom. The average Bonchev–Trinajstić information content (AvgIpc) is 2.45. The maximum atomic E-state index is 10.5. The van der Waals surface area contributed by atoms with E-state index in [1.54, 1.807) is 12.3 Å². The van der Waals surface area contributed by atoms with Crippen LogP contribution in [-0.4, -0.2) is 16.1 Å². The van der Waals surface area contributed by atoms with Gasteiger partial charge in [-0.1, -0.05) is 18.2 Å². The molecule has 0 aliphatic rings. The highest BCUT2D eigenvalue weighted by molar-refractivity contribution is 5.85. The third-order valence-electron chi connectivity index (χ3n) is 2.77. The Morgan fingerprint density at radius 2 is 2.20 bits per heavy atom. The lowest BCUT2D eigenvalue weighted by atomic mass is 10.2. The molecule has 1 N–H and O–H groups in total. The number of carboxylic acid groups (broad SMARTS) is 1. The molecule has 0 amide bonds. The third-order valence-corrected chi connectivity index (χ3v) is 2.77. The minimum absolute atomic E-state index is 0.388. The molecule has 2 aromatic rings. The number of ether oxygens (including phenoxy) is 1. The van der Waals surface area contributed by atoms with Crippen molar-refractivity contribution >= 4 is 12.0 Å². The lowest BCUT2D eigenvalue weighted by Gasteiger charge is -2.08. The monoisotopic (exact) mass is 269 g/mol. The number of rotatable bonds is 5. The van der Waals surface area contributed by atoms with Crippen LogP contribution >= 0.6 is 0 Å². The second-order valence-electron chi connectivity index (χ2n) is 4.30. The van der Waals surface area contributed by atoms with Crippen molar-refractivity contribution in [2.45, 2.75) is 13.5 Å². The Kier molecular flexibility index (Phi) is 4.50. The SMILES string of the molecule is Cc1cccnc1COc1cccc(/C=C/C(=O)O)c1. The summed E-state index contributed by atoms with van der Waals surface area (Å²) < 4.78 is 5.68. The highest BCUT2D eigenvalue weighted by atomic mass is 16.5. The van der Waals surface area contributed by atoms with Gasteiger partial charge in [0.15, 0.2) is 0 Å². The number of nitrogens with zero attached hydrogens (tertiary/aromatic N) is 1. The van der Waals surface area contributed by atoms with E-state index in [4.69, 9.17) is 9.84 Å². The van der Waals surface area contributed by atoms with Gasteiger partial charge in [-0.15, -0.1) is 0 Å². The van der Waals surface area contributed by atoms with Crippen LogP contribution in [0.4, 0.5) is 0 Å². The Balaban J connectivity index is 2.05. The van der Waals surface area contributed by atoms with E-state index in [2.05, 4.69) is 4.98 Å². The molecular formula is C16H15NO3. The summed E-state index contributed by atoms with van der Waals surface area (Å²) in [5.74, 6) is -0.289. The van der Waals surface area contributed by atoms with Crippen molar-refractivity contribution in [3.8, 4) is 5.75 Å². The molecule has 0 aliphatic carbocycles. The molecule has 0 unspecified atom stereocenters. The van der Waals surface area contributed by atoms with Gasteiger partial charge in [0.05, 0.1) is 5.69 Å². The number of carboxylic acids is 1.